The molecule has 3 fully saturated rings. The van der Waals surface area contributed by atoms with Gasteiger partial charge in [0.15, 0.2) is 5.78 Å². The highest BCUT2D eigenvalue weighted by Crippen LogP contribution is 2.67. The summed E-state index contributed by atoms with van der Waals surface area (Å²) in [7, 11) is 0. The molecule has 15 nitrogen and oxygen atoms in total. The van der Waals surface area contributed by atoms with Gasteiger partial charge in [-0.3, -0.25) is 14.4 Å². The van der Waals surface area contributed by atoms with E-state index < -0.39 is 118 Å². The zero-order valence-corrected chi connectivity index (χ0v) is 38.2. The van der Waals surface area contributed by atoms with Crippen molar-refractivity contribution in [2.45, 2.75) is 161 Å². The molecule has 0 aliphatic heterocycles. The maximum absolute atomic E-state index is 15.2. The van der Waals surface area contributed by atoms with Gasteiger partial charge in [-0.05, 0) is 89.1 Å². The number of amides is 1. The maximum Gasteiger partial charge on any atom is 0.408 e. The van der Waals surface area contributed by atoms with E-state index in [-0.39, 0.29) is 36.0 Å². The molecule has 4 aliphatic carbocycles. The monoisotopic (exact) mass is 889 g/mol. The summed E-state index contributed by atoms with van der Waals surface area (Å²) >= 11 is 0. The van der Waals surface area contributed by atoms with Gasteiger partial charge >= 0.3 is 30.0 Å². The van der Waals surface area contributed by atoms with Gasteiger partial charge in [0.05, 0.1) is 23.0 Å². The summed E-state index contributed by atoms with van der Waals surface area (Å²) in [5.41, 5.74) is -7.81. The summed E-state index contributed by atoms with van der Waals surface area (Å²) < 4.78 is 30.3. The van der Waals surface area contributed by atoms with Crippen molar-refractivity contribution in [3.05, 3.63) is 82.9 Å². The Balaban J connectivity index is 1.52. The van der Waals surface area contributed by atoms with Gasteiger partial charge in [0.2, 0.25) is 6.10 Å². The van der Waals surface area contributed by atoms with Crippen molar-refractivity contribution in [2.24, 2.45) is 22.7 Å². The molecule has 0 spiro atoms. The standard InChI is InChI=1S/C49H63NO14/c1-10-11-22-34(53)61-38(36(29-18-14-12-15-19-29)50-44(58)64-45(4,5)6)43(57)60-32-26-49(59)41(62-42(56)30-20-16-13-17-21-30)39-47(9,40(55)37(54)35(27(32)2)46(49,7)8)33(52)25-31-23-24-48(31,39)63-28(3)51/h12-21,31-33,36-39,41,52,54,59H,10-11,22-26H2,1-9H3,(H,50,58)/t31-,32+,33+,36+,37-,38-,39?,41+,47-,48+,49-/m1/s1. The highest BCUT2D eigenvalue weighted by atomic mass is 16.6. The van der Waals surface area contributed by atoms with Crippen molar-refractivity contribution in [2.75, 3.05) is 0 Å². The summed E-state index contributed by atoms with van der Waals surface area (Å²) in [6.07, 6.45) is -8.20. The number of rotatable bonds is 12. The lowest BCUT2D eigenvalue weighted by atomic mass is 9.41. The maximum atomic E-state index is 15.2. The van der Waals surface area contributed by atoms with Gasteiger partial charge in [0.25, 0.3) is 0 Å². The second kappa shape index (κ2) is 18.0. The molecule has 0 radical (unpaired) electrons. The van der Waals surface area contributed by atoms with Gasteiger partial charge in [-0.15, -0.1) is 0 Å². The predicted octanol–water partition coefficient (Wildman–Crippen LogP) is 6.01. The number of esters is 4. The van der Waals surface area contributed by atoms with Crippen LogP contribution in [0.4, 0.5) is 4.79 Å². The number of aliphatic hydroxyl groups excluding tert-OH is 2. The summed E-state index contributed by atoms with van der Waals surface area (Å²) in [6.45, 7) is 14.2. The normalized spacial score (nSPS) is 31.5. The van der Waals surface area contributed by atoms with Gasteiger partial charge in [-0.25, -0.2) is 14.4 Å². The van der Waals surface area contributed by atoms with E-state index in [0.717, 1.165) is 0 Å². The van der Waals surface area contributed by atoms with E-state index in [2.05, 4.69) is 5.32 Å². The number of fused-ring (bicyclic) bond motifs is 5. The summed E-state index contributed by atoms with van der Waals surface area (Å²) in [6, 6.07) is 14.9. The quantitative estimate of drug-likeness (QED) is 0.109. The van der Waals surface area contributed by atoms with E-state index in [4.69, 9.17) is 23.7 Å². The molecule has 1 amide bonds. The fourth-order valence-electron chi connectivity index (χ4n) is 10.7. The van der Waals surface area contributed by atoms with Gasteiger partial charge in [-0.2, -0.15) is 0 Å². The molecule has 0 saturated heterocycles. The molecule has 2 bridgehead atoms. The molecule has 15 heteroatoms. The first kappa shape index (κ1) is 48.3. The second-order valence-electron chi connectivity index (χ2n) is 19.6. The van der Waals surface area contributed by atoms with Crippen molar-refractivity contribution in [3.8, 4) is 0 Å². The Bertz CT molecular complexity index is 2150. The molecule has 3 saturated carbocycles. The van der Waals surface area contributed by atoms with Crippen molar-refractivity contribution >= 4 is 35.8 Å². The average Bonchev–Trinajstić information content (AvgIpc) is 3.22. The zero-order chi connectivity index (χ0) is 47.2. The number of aliphatic hydroxyl groups is 3. The van der Waals surface area contributed by atoms with E-state index in [0.29, 0.717) is 24.8 Å². The Labute approximate surface area is 374 Å². The number of carbonyl (C=O) groups excluding carboxylic acids is 6. The van der Waals surface area contributed by atoms with Crippen LogP contribution in [-0.2, 0) is 42.9 Å². The summed E-state index contributed by atoms with van der Waals surface area (Å²) in [4.78, 5) is 84.2. The van der Waals surface area contributed by atoms with Crippen molar-refractivity contribution in [1.82, 2.24) is 5.32 Å². The zero-order valence-electron chi connectivity index (χ0n) is 38.2. The number of ketones is 1. The lowest BCUT2D eigenvalue weighted by Gasteiger charge is -2.68. The summed E-state index contributed by atoms with van der Waals surface area (Å²) in [5.74, 6) is -6.29. The lowest BCUT2D eigenvalue weighted by Crippen LogP contribution is -2.78. The van der Waals surface area contributed by atoms with E-state index >= 15 is 4.79 Å². The van der Waals surface area contributed by atoms with Gasteiger partial charge in [0.1, 0.15) is 41.2 Å². The minimum Gasteiger partial charge on any atom is -0.458 e. The van der Waals surface area contributed by atoms with Crippen LogP contribution in [0.15, 0.2) is 71.8 Å². The molecule has 1 unspecified atom stereocenters. The van der Waals surface area contributed by atoms with E-state index in [1.165, 1.54) is 32.9 Å². The molecule has 2 aromatic carbocycles. The number of alkyl carbamates (subject to hydrolysis) is 1. The first-order valence-electron chi connectivity index (χ1n) is 22.2. The Morgan fingerprint density at radius 3 is 2.12 bits per heavy atom. The second-order valence-corrected chi connectivity index (χ2v) is 19.6. The largest absolute Gasteiger partial charge is 0.458 e. The van der Waals surface area contributed by atoms with E-state index in [1.807, 2.05) is 6.92 Å². The first-order chi connectivity index (χ1) is 29.9. The molecular formula is C49H63NO14. The fraction of sp³-hybridized carbons (Fsp3) is 0.592. The summed E-state index contributed by atoms with van der Waals surface area (Å²) in [5, 5.41) is 40.8. The lowest BCUT2D eigenvalue weighted by molar-refractivity contribution is -0.296. The molecule has 4 aliphatic rings. The molecule has 64 heavy (non-hydrogen) atoms. The third-order valence-corrected chi connectivity index (χ3v) is 14.1. The first-order valence-corrected chi connectivity index (χ1v) is 22.2. The number of nitrogens with one attached hydrogen (secondary N) is 1. The molecule has 4 N–H and O–H groups in total. The van der Waals surface area contributed by atoms with Crippen LogP contribution in [0.25, 0.3) is 0 Å². The SMILES string of the molecule is CCCCC(=O)O[C@@H](C(=O)O[C@H]1C[C@@]2(O)[C@@H](OC(=O)c3ccccc3)C3[C@](C)(C(=O)[C@H](O)C(=C1C)C2(C)C)[C@@H](O)C[C@H]1CC[C@@]31OC(C)=O)[C@@H](NC(=O)OC(C)(C)C)c1ccccc1. The molecule has 0 aromatic heterocycles. The van der Waals surface area contributed by atoms with Crippen LogP contribution in [0, 0.1) is 22.7 Å². The molecule has 2 aromatic rings. The van der Waals surface area contributed by atoms with Crippen LogP contribution in [-0.4, -0.2) is 98.4 Å². The number of benzene rings is 2. The van der Waals surface area contributed by atoms with Crippen LogP contribution in [0.2, 0.25) is 0 Å². The van der Waals surface area contributed by atoms with Gasteiger partial charge in [-0.1, -0.05) is 75.7 Å². The Kier molecular flexibility index (Phi) is 13.6. The highest BCUT2D eigenvalue weighted by Gasteiger charge is 2.77. The number of hydrogen-bond acceptors (Lipinski definition) is 14. The topological polar surface area (TPSA) is 221 Å². The number of hydrogen-bond donors (Lipinski definition) is 4. The Morgan fingerprint density at radius 1 is 0.938 bits per heavy atom. The number of Topliss-reactive ketones (excluding diaryl/α,β-unsaturated/α-hetero) is 1. The average molecular weight is 890 g/mol. The number of unbranched alkanes of at least 4 members (excludes halogenated alkanes) is 1. The van der Waals surface area contributed by atoms with Crippen molar-refractivity contribution < 1.29 is 67.8 Å². The number of ether oxygens (including phenoxy) is 5. The van der Waals surface area contributed by atoms with Gasteiger partial charge < -0.3 is 44.3 Å². The van der Waals surface area contributed by atoms with Crippen LogP contribution in [0.3, 0.4) is 0 Å². The van der Waals surface area contributed by atoms with Crippen molar-refractivity contribution in [3.63, 3.8) is 0 Å². The number of carbonyl (C=O) groups is 6. The van der Waals surface area contributed by atoms with Crippen LogP contribution < -0.4 is 5.32 Å². The van der Waals surface area contributed by atoms with Gasteiger partial charge in [0, 0.05) is 31.1 Å². The smallest absolute Gasteiger partial charge is 0.408 e. The van der Waals surface area contributed by atoms with Crippen LogP contribution >= 0.6 is 0 Å². The Hall–Kier alpha value is -5.12. The minimum atomic E-state index is -2.34. The van der Waals surface area contributed by atoms with E-state index in [1.54, 1.807) is 83.1 Å². The van der Waals surface area contributed by atoms with Crippen molar-refractivity contribution in [1.29, 1.82) is 0 Å². The van der Waals surface area contributed by atoms with E-state index in [9.17, 15) is 39.3 Å². The molecular weight excluding hydrogens is 827 g/mol. The third kappa shape index (κ3) is 8.70. The Morgan fingerprint density at radius 2 is 1.56 bits per heavy atom. The van der Waals surface area contributed by atoms with Crippen LogP contribution in [0.5, 0.6) is 0 Å². The molecule has 6 rings (SSSR count). The highest BCUT2D eigenvalue weighted by molar-refractivity contribution is 5.94. The predicted molar refractivity (Wildman–Crippen MR) is 230 cm³/mol. The molecule has 348 valence electrons. The minimum absolute atomic E-state index is 0.0243. The van der Waals surface area contributed by atoms with Crippen LogP contribution in [0.1, 0.15) is 129 Å². The fourth-order valence-corrected chi connectivity index (χ4v) is 10.7. The third-order valence-electron chi connectivity index (χ3n) is 14.1. The molecule has 0 heterocycles. The molecule has 11 atom stereocenters.